The molecule has 2 saturated carbocycles. The highest BCUT2D eigenvalue weighted by molar-refractivity contribution is 6.03. The van der Waals surface area contributed by atoms with Crippen molar-refractivity contribution in [2.75, 3.05) is 51.0 Å². The monoisotopic (exact) mass is 739 g/mol. The average molecular weight is 740 g/mol. The van der Waals surface area contributed by atoms with Crippen LogP contribution in [0.3, 0.4) is 0 Å². The lowest BCUT2D eigenvalue weighted by atomic mass is 9.74. The van der Waals surface area contributed by atoms with Crippen LogP contribution in [0, 0.1) is 29.4 Å². The maximum Gasteiger partial charge on any atom is 0.319 e. The molecule has 2 aromatic heterocycles. The number of phenolic OH excluding ortho intramolecular Hbond substituents is 1. The van der Waals surface area contributed by atoms with Crippen LogP contribution in [0.15, 0.2) is 30.5 Å². The maximum absolute atomic E-state index is 17.1. The minimum Gasteiger partial charge on any atom is -0.508 e. The van der Waals surface area contributed by atoms with E-state index in [1.165, 1.54) is 43.3 Å². The lowest BCUT2D eigenvalue weighted by Gasteiger charge is -2.48. The summed E-state index contributed by atoms with van der Waals surface area (Å²) in [7, 11) is 0. The van der Waals surface area contributed by atoms with Gasteiger partial charge < -0.3 is 29.3 Å². The largest absolute Gasteiger partial charge is 0.508 e. The fraction of sp³-hybridized carbons (Fsp3) is 0.548. The maximum atomic E-state index is 17.1. The lowest BCUT2D eigenvalue weighted by molar-refractivity contribution is -0.0267. The summed E-state index contributed by atoms with van der Waals surface area (Å²) < 4.78 is 50.9. The number of piperidine rings is 1. The quantitative estimate of drug-likeness (QED) is 0.212. The Morgan fingerprint density at radius 2 is 1.91 bits per heavy atom. The van der Waals surface area contributed by atoms with Gasteiger partial charge in [-0.25, -0.2) is 8.78 Å². The van der Waals surface area contributed by atoms with Gasteiger partial charge in [0.15, 0.2) is 5.82 Å². The Hall–Kier alpha value is -4.15. The summed E-state index contributed by atoms with van der Waals surface area (Å²) in [6, 6.07) is 6.28. The number of fused-ring (bicyclic) bond motifs is 3. The number of phenols is 1. The normalized spacial score (nSPS) is 28.5. The van der Waals surface area contributed by atoms with Gasteiger partial charge in [0.2, 0.25) is 0 Å². The number of anilines is 1. The molecule has 4 atom stereocenters. The van der Waals surface area contributed by atoms with Crippen molar-refractivity contribution in [3.63, 3.8) is 0 Å². The van der Waals surface area contributed by atoms with E-state index in [1.807, 2.05) is 4.90 Å². The van der Waals surface area contributed by atoms with Gasteiger partial charge in [-0.2, -0.15) is 9.97 Å². The average Bonchev–Trinajstić information content (AvgIpc) is 3.89. The van der Waals surface area contributed by atoms with Crippen molar-refractivity contribution in [3.8, 4) is 35.4 Å². The van der Waals surface area contributed by atoms with Crippen molar-refractivity contribution in [2.24, 2.45) is 5.41 Å². The molecule has 1 spiro atoms. The van der Waals surface area contributed by atoms with Crippen LogP contribution in [0.1, 0.15) is 76.7 Å². The third kappa shape index (κ3) is 6.13. The topological polar surface area (TPSA) is 113 Å². The third-order valence-corrected chi connectivity index (χ3v) is 12.9. The van der Waals surface area contributed by atoms with Crippen LogP contribution in [0.2, 0.25) is 0 Å². The third-order valence-electron chi connectivity index (χ3n) is 12.9. The molecule has 1 unspecified atom stereocenters. The van der Waals surface area contributed by atoms with Gasteiger partial charge >= 0.3 is 6.01 Å². The van der Waals surface area contributed by atoms with Crippen LogP contribution in [-0.2, 0) is 9.47 Å². The summed E-state index contributed by atoms with van der Waals surface area (Å²) >= 11 is 0. The van der Waals surface area contributed by atoms with Crippen LogP contribution in [0.25, 0.3) is 32.9 Å². The van der Waals surface area contributed by atoms with Gasteiger partial charge in [-0.1, -0.05) is 31.2 Å². The predicted octanol–water partition coefficient (Wildman–Crippen LogP) is 6.51. The van der Waals surface area contributed by atoms with Crippen LogP contribution in [0.5, 0.6) is 11.8 Å². The van der Waals surface area contributed by atoms with Crippen molar-refractivity contribution in [2.45, 2.75) is 94.4 Å². The molecule has 4 aromatic rings. The van der Waals surface area contributed by atoms with Crippen molar-refractivity contribution >= 4 is 27.5 Å². The molecule has 5 heterocycles. The Kier molecular flexibility index (Phi) is 8.92. The number of aromatic nitrogens is 3. The highest BCUT2D eigenvalue weighted by atomic mass is 19.1. The molecule has 0 bridgehead atoms. The molecular weight excluding hydrogens is 692 g/mol. The second kappa shape index (κ2) is 13.6. The minimum absolute atomic E-state index is 0.0285. The SMILES string of the molecule is C#Cc1c(F)ccc2cc(O)cc(-c3ncc4c(N5CCOC[C@@](C)(O)C5)nc(OC[C@]56CCC[C@H]5N(C5COC7(CCCC7)C5)CCC6)nc4c3F)c12. The summed E-state index contributed by atoms with van der Waals surface area (Å²) in [4.78, 5) is 18.7. The van der Waals surface area contributed by atoms with E-state index in [-0.39, 0.29) is 63.7 Å². The molecular formula is C42H47F2N5O5. The summed E-state index contributed by atoms with van der Waals surface area (Å²) in [6.07, 6.45) is 18.5. The zero-order valence-corrected chi connectivity index (χ0v) is 30.8. The number of hydrogen-bond donors (Lipinski definition) is 2. The van der Waals surface area contributed by atoms with Gasteiger partial charge in [-0.3, -0.25) is 9.88 Å². The fourth-order valence-electron chi connectivity index (χ4n) is 10.4. The van der Waals surface area contributed by atoms with E-state index in [0.29, 0.717) is 48.4 Å². The van der Waals surface area contributed by atoms with Gasteiger partial charge in [0.1, 0.15) is 34.2 Å². The van der Waals surface area contributed by atoms with Gasteiger partial charge in [-0.15, -0.1) is 6.42 Å². The molecule has 0 amide bonds. The first-order valence-corrected chi connectivity index (χ1v) is 19.4. The standard InChI is InChI=1S/C42H47F2N5O5/c1-3-29-32(43)10-9-26-18-28(50)19-30(34(26)29)36-35(44)37-31(21-45-36)38(48-16-17-52-24-40(2,51)23-48)47-39(46-37)53-25-41-11-6-8-33(41)49(15-7-12-41)27-20-42(54-22-27)13-4-5-14-42/h1,9-10,18-19,21,27,33,50-51H,4-8,11-17,20,22-25H2,2H3/t27?,33-,40+,41-/m1/s1. The molecule has 2 aromatic carbocycles. The van der Waals surface area contributed by atoms with Crippen LogP contribution >= 0.6 is 0 Å². The van der Waals surface area contributed by atoms with Gasteiger partial charge in [-0.05, 0) is 82.0 Å². The van der Waals surface area contributed by atoms with E-state index in [0.717, 1.165) is 64.5 Å². The van der Waals surface area contributed by atoms with Crippen LogP contribution in [0.4, 0.5) is 14.6 Å². The van der Waals surface area contributed by atoms with Crippen molar-refractivity contribution in [1.29, 1.82) is 0 Å². The van der Waals surface area contributed by atoms with Gasteiger partial charge in [0, 0.05) is 41.2 Å². The highest BCUT2D eigenvalue weighted by Gasteiger charge is 2.53. The summed E-state index contributed by atoms with van der Waals surface area (Å²) in [5.41, 5.74) is -1.36. The molecule has 3 saturated heterocycles. The first kappa shape index (κ1) is 35.5. The van der Waals surface area contributed by atoms with E-state index < -0.39 is 17.2 Å². The summed E-state index contributed by atoms with van der Waals surface area (Å²) in [5, 5.41) is 22.8. The number of benzene rings is 2. The fourth-order valence-corrected chi connectivity index (χ4v) is 10.4. The molecule has 2 N–H and O–H groups in total. The van der Waals surface area contributed by atoms with Crippen molar-refractivity contribution < 1.29 is 33.2 Å². The highest BCUT2D eigenvalue weighted by Crippen LogP contribution is 2.51. The van der Waals surface area contributed by atoms with Gasteiger partial charge in [0.05, 0.1) is 49.5 Å². The van der Waals surface area contributed by atoms with Gasteiger partial charge in [0.25, 0.3) is 0 Å². The number of nitrogens with zero attached hydrogens (tertiary/aromatic N) is 5. The second-order valence-electron chi connectivity index (χ2n) is 16.6. The van der Waals surface area contributed by atoms with E-state index in [2.05, 4.69) is 15.8 Å². The number of likely N-dealkylation sites (tertiary alicyclic amines) is 1. The molecule has 5 aliphatic rings. The number of halogens is 2. The van der Waals surface area contributed by atoms with E-state index in [1.54, 1.807) is 6.92 Å². The number of β-amino-alcohol motifs (C(OH)–C–C–N with tert-alkyl or cyclic N) is 1. The number of hydrogen-bond acceptors (Lipinski definition) is 10. The Balaban J connectivity index is 1.11. The molecule has 2 aliphatic carbocycles. The zero-order chi connectivity index (χ0) is 37.2. The predicted molar refractivity (Wildman–Crippen MR) is 201 cm³/mol. The Labute approximate surface area is 313 Å². The Morgan fingerprint density at radius 1 is 1.07 bits per heavy atom. The molecule has 5 fully saturated rings. The number of ether oxygens (including phenoxy) is 3. The Morgan fingerprint density at radius 3 is 2.74 bits per heavy atom. The molecule has 10 nitrogen and oxygen atoms in total. The van der Waals surface area contributed by atoms with Crippen molar-refractivity contribution in [3.05, 3.63) is 47.7 Å². The molecule has 0 radical (unpaired) electrons. The first-order valence-electron chi connectivity index (χ1n) is 19.4. The summed E-state index contributed by atoms with van der Waals surface area (Å²) in [6.45, 7) is 4.95. The summed E-state index contributed by atoms with van der Waals surface area (Å²) in [5.74, 6) is 1.18. The number of rotatable bonds is 6. The molecule has 9 rings (SSSR count). The van der Waals surface area contributed by atoms with E-state index in [9.17, 15) is 14.6 Å². The zero-order valence-electron chi connectivity index (χ0n) is 30.8. The smallest absolute Gasteiger partial charge is 0.319 e. The number of pyridine rings is 1. The Bertz CT molecular complexity index is 2150. The van der Waals surface area contributed by atoms with E-state index >= 15 is 4.39 Å². The first-order chi connectivity index (χ1) is 26.1. The molecule has 284 valence electrons. The second-order valence-corrected chi connectivity index (χ2v) is 16.6. The molecule has 12 heteroatoms. The number of aliphatic hydroxyl groups is 1. The number of aromatic hydroxyl groups is 1. The van der Waals surface area contributed by atoms with Crippen LogP contribution in [-0.4, -0.2) is 99.4 Å². The molecule has 54 heavy (non-hydrogen) atoms. The lowest BCUT2D eigenvalue weighted by Crippen LogP contribution is -2.55. The van der Waals surface area contributed by atoms with E-state index in [4.69, 9.17) is 30.6 Å². The van der Waals surface area contributed by atoms with Crippen LogP contribution < -0.4 is 9.64 Å². The minimum atomic E-state index is -1.19. The van der Waals surface area contributed by atoms with Crippen molar-refractivity contribution in [1.82, 2.24) is 19.9 Å². The number of terminal acetylenes is 1. The molecule has 3 aliphatic heterocycles.